The minimum absolute atomic E-state index is 0.252. The number of nitrogens with zero attached hydrogens (tertiary/aromatic N) is 3. The molecule has 2 aromatic rings. The van der Waals surface area contributed by atoms with Gasteiger partial charge in [0.15, 0.2) is 0 Å². The van der Waals surface area contributed by atoms with Crippen molar-refractivity contribution >= 4 is 23.2 Å². The third-order valence-electron chi connectivity index (χ3n) is 7.36. The van der Waals surface area contributed by atoms with Crippen molar-refractivity contribution < 1.29 is 9.90 Å². The van der Waals surface area contributed by atoms with Crippen LogP contribution in [-0.4, -0.2) is 84.7 Å². The Morgan fingerprint density at radius 3 is 2.29 bits per heavy atom. The summed E-state index contributed by atoms with van der Waals surface area (Å²) in [5.74, 6) is 1.27. The first kappa shape index (κ1) is 23.6. The van der Waals surface area contributed by atoms with Gasteiger partial charge in [-0.05, 0) is 47.6 Å². The van der Waals surface area contributed by atoms with Crippen LogP contribution in [0.5, 0.6) is 0 Å². The average molecular weight is 478 g/mol. The molecule has 5 rings (SSSR count). The van der Waals surface area contributed by atoms with Gasteiger partial charge in [-0.15, -0.1) is 11.8 Å². The van der Waals surface area contributed by atoms with E-state index < -0.39 is 0 Å². The van der Waals surface area contributed by atoms with Gasteiger partial charge >= 0.3 is 0 Å². The van der Waals surface area contributed by atoms with Crippen molar-refractivity contribution in [3.63, 3.8) is 0 Å². The number of fused-ring (bicyclic) bond motifs is 2. The Labute approximate surface area is 207 Å². The van der Waals surface area contributed by atoms with E-state index >= 15 is 0 Å². The molecule has 5 nitrogen and oxygen atoms in total. The van der Waals surface area contributed by atoms with Crippen LogP contribution in [0.2, 0.25) is 0 Å². The molecular formula is C28H35N3O2S. The van der Waals surface area contributed by atoms with E-state index in [0.29, 0.717) is 6.54 Å². The molecule has 2 fully saturated rings. The molecular weight excluding hydrogens is 442 g/mol. The molecule has 34 heavy (non-hydrogen) atoms. The number of hydrogen-bond donors (Lipinski definition) is 1. The maximum atomic E-state index is 13.1. The lowest BCUT2D eigenvalue weighted by Crippen LogP contribution is -2.50. The lowest BCUT2D eigenvalue weighted by molar-refractivity contribution is -0.133. The van der Waals surface area contributed by atoms with Gasteiger partial charge < -0.3 is 14.9 Å². The van der Waals surface area contributed by atoms with Crippen molar-refractivity contribution in [2.45, 2.75) is 29.9 Å². The predicted octanol–water partition coefficient (Wildman–Crippen LogP) is 3.72. The number of thioether (sulfide) groups is 1. The van der Waals surface area contributed by atoms with Gasteiger partial charge in [0.05, 0.1) is 6.54 Å². The molecule has 0 radical (unpaired) electrons. The summed E-state index contributed by atoms with van der Waals surface area (Å²) in [6, 6.07) is 17.6. The Morgan fingerprint density at radius 2 is 1.53 bits per heavy atom. The highest BCUT2D eigenvalue weighted by Crippen LogP contribution is 2.43. The van der Waals surface area contributed by atoms with Crippen LogP contribution in [0.1, 0.15) is 36.0 Å². The zero-order valence-electron chi connectivity index (χ0n) is 19.9. The topological polar surface area (TPSA) is 47.0 Å². The van der Waals surface area contributed by atoms with Crippen LogP contribution in [0.4, 0.5) is 0 Å². The smallest absolute Gasteiger partial charge is 0.236 e. The summed E-state index contributed by atoms with van der Waals surface area (Å²) in [5, 5.41) is 9.03. The molecule has 0 spiro atoms. The summed E-state index contributed by atoms with van der Waals surface area (Å²) in [6.07, 6.45) is 2.73. The number of piperazine rings is 1. The second-order valence-electron chi connectivity index (χ2n) is 9.50. The van der Waals surface area contributed by atoms with Crippen molar-refractivity contribution in [1.29, 1.82) is 0 Å². The fourth-order valence-electron chi connectivity index (χ4n) is 5.40. The van der Waals surface area contributed by atoms with Crippen molar-refractivity contribution in [2.75, 3.05) is 59.0 Å². The average Bonchev–Trinajstić information content (AvgIpc) is 3.05. The van der Waals surface area contributed by atoms with Crippen molar-refractivity contribution in [2.24, 2.45) is 0 Å². The van der Waals surface area contributed by atoms with Gasteiger partial charge in [0.1, 0.15) is 0 Å². The van der Waals surface area contributed by atoms with Gasteiger partial charge in [-0.2, -0.15) is 0 Å². The van der Waals surface area contributed by atoms with E-state index in [9.17, 15) is 4.79 Å². The number of benzene rings is 2. The highest BCUT2D eigenvalue weighted by atomic mass is 32.2. The van der Waals surface area contributed by atoms with Crippen molar-refractivity contribution in [1.82, 2.24) is 14.7 Å². The summed E-state index contributed by atoms with van der Waals surface area (Å²) in [5.41, 5.74) is 7.02. The molecule has 180 valence electrons. The van der Waals surface area contributed by atoms with E-state index in [2.05, 4.69) is 63.2 Å². The maximum Gasteiger partial charge on any atom is 0.236 e. The summed E-state index contributed by atoms with van der Waals surface area (Å²) >= 11 is 1.93. The highest BCUT2D eigenvalue weighted by molar-refractivity contribution is 7.98. The summed E-state index contributed by atoms with van der Waals surface area (Å²) in [7, 11) is 0. The Balaban J connectivity index is 1.26. The number of carbonyl (C=O) groups is 1. The molecule has 0 aliphatic carbocycles. The molecule has 3 aliphatic heterocycles. The molecule has 0 aromatic heterocycles. The molecule has 1 amide bonds. The number of likely N-dealkylation sites (tertiary alicyclic amines) is 1. The molecule has 2 aromatic carbocycles. The van der Waals surface area contributed by atoms with Gasteiger partial charge in [-0.1, -0.05) is 48.0 Å². The zero-order valence-corrected chi connectivity index (χ0v) is 20.7. The van der Waals surface area contributed by atoms with Gasteiger partial charge in [-0.3, -0.25) is 9.69 Å². The van der Waals surface area contributed by atoms with Crippen molar-refractivity contribution in [3.8, 4) is 0 Å². The van der Waals surface area contributed by atoms with Crippen LogP contribution in [0.25, 0.3) is 5.57 Å². The molecule has 0 saturated carbocycles. The standard InChI is InChI=1S/C28H35N3O2S/c32-19-5-12-29-15-17-30(18-16-29)20-27(33)31-13-10-22(11-14-31)28-24-7-2-1-6-23(24)21-34-26-9-4-3-8-25(26)28/h1-4,6-9,32H,5,10-21H2. The van der Waals surface area contributed by atoms with Gasteiger partial charge in [0.2, 0.25) is 5.91 Å². The Kier molecular flexibility index (Phi) is 7.70. The fourth-order valence-corrected chi connectivity index (χ4v) is 6.47. The molecule has 0 atom stereocenters. The molecule has 2 saturated heterocycles. The highest BCUT2D eigenvalue weighted by Gasteiger charge is 2.27. The summed E-state index contributed by atoms with van der Waals surface area (Å²) < 4.78 is 0. The van der Waals surface area contributed by atoms with Crippen LogP contribution in [0.3, 0.4) is 0 Å². The van der Waals surface area contributed by atoms with E-state index in [4.69, 9.17) is 5.11 Å². The Hall–Kier alpha value is -2.12. The second-order valence-corrected chi connectivity index (χ2v) is 10.5. The van der Waals surface area contributed by atoms with E-state index in [0.717, 1.165) is 70.8 Å². The molecule has 0 unspecified atom stereocenters. The summed E-state index contributed by atoms with van der Waals surface area (Å²) in [4.78, 5) is 21.2. The number of piperidine rings is 1. The van der Waals surface area contributed by atoms with E-state index in [1.807, 2.05) is 11.8 Å². The van der Waals surface area contributed by atoms with Crippen LogP contribution in [0, 0.1) is 0 Å². The van der Waals surface area contributed by atoms with Gasteiger partial charge in [0.25, 0.3) is 0 Å². The molecule has 3 aliphatic rings. The first-order valence-electron chi connectivity index (χ1n) is 12.6. The largest absolute Gasteiger partial charge is 0.396 e. The minimum atomic E-state index is 0.252. The first-order valence-corrected chi connectivity index (χ1v) is 13.6. The van der Waals surface area contributed by atoms with Crippen LogP contribution in [-0.2, 0) is 10.5 Å². The van der Waals surface area contributed by atoms with Crippen molar-refractivity contribution in [3.05, 3.63) is 70.8 Å². The Morgan fingerprint density at radius 1 is 0.853 bits per heavy atom. The van der Waals surface area contributed by atoms with Crippen LogP contribution in [0.15, 0.2) is 59.0 Å². The molecule has 6 heteroatoms. The number of rotatable bonds is 5. The van der Waals surface area contributed by atoms with E-state index in [-0.39, 0.29) is 12.5 Å². The van der Waals surface area contributed by atoms with Crippen LogP contribution < -0.4 is 0 Å². The number of carbonyl (C=O) groups excluding carboxylic acids is 1. The van der Waals surface area contributed by atoms with Crippen LogP contribution >= 0.6 is 11.8 Å². The Bertz CT molecular complexity index is 986. The third kappa shape index (κ3) is 5.25. The lowest BCUT2D eigenvalue weighted by Gasteiger charge is -2.36. The van der Waals surface area contributed by atoms with E-state index in [1.54, 1.807) is 0 Å². The number of aliphatic hydroxyl groups excluding tert-OH is 1. The molecule has 0 bridgehead atoms. The number of aliphatic hydroxyl groups is 1. The monoisotopic (exact) mass is 477 g/mol. The molecule has 3 heterocycles. The van der Waals surface area contributed by atoms with Gasteiger partial charge in [0, 0.05) is 63.1 Å². The SMILES string of the molecule is O=C(CN1CCN(CCCO)CC1)N1CCC(=C2c3ccccc3CSc3ccccc32)CC1. The van der Waals surface area contributed by atoms with E-state index in [1.165, 1.54) is 32.7 Å². The quantitative estimate of drug-likeness (QED) is 0.711. The number of amides is 1. The fraction of sp³-hybridized carbons (Fsp3) is 0.464. The molecule has 1 N–H and O–H groups in total. The minimum Gasteiger partial charge on any atom is -0.396 e. The first-order chi connectivity index (χ1) is 16.7. The third-order valence-corrected chi connectivity index (χ3v) is 8.48. The van der Waals surface area contributed by atoms with Gasteiger partial charge in [-0.25, -0.2) is 0 Å². The normalized spacial score (nSPS) is 19.5. The second kappa shape index (κ2) is 11.1. The summed E-state index contributed by atoms with van der Waals surface area (Å²) in [6.45, 7) is 7.20. The maximum absolute atomic E-state index is 13.1. The number of hydrogen-bond acceptors (Lipinski definition) is 5. The predicted molar refractivity (Wildman–Crippen MR) is 139 cm³/mol. The zero-order chi connectivity index (χ0) is 23.3. The lowest BCUT2D eigenvalue weighted by atomic mass is 9.86.